The highest BCUT2D eigenvalue weighted by Gasteiger charge is 2.06. The monoisotopic (exact) mass is 258 g/mol. The van der Waals surface area contributed by atoms with E-state index in [4.69, 9.17) is 10.5 Å². The maximum absolute atomic E-state index is 11.7. The minimum atomic E-state index is -0.302. The van der Waals surface area contributed by atoms with E-state index in [1.54, 1.807) is 0 Å². The number of nitrogen functional groups attached to an aromatic ring is 1. The van der Waals surface area contributed by atoms with Gasteiger partial charge in [-0.05, 0) is 12.1 Å². The topological polar surface area (TPSA) is 90.1 Å². The first-order valence-electron chi connectivity index (χ1n) is 5.79. The SMILES string of the molecule is Nc1cnc(C(=O)NCCOc2ccccc2)cn1. The van der Waals surface area contributed by atoms with E-state index >= 15 is 0 Å². The van der Waals surface area contributed by atoms with Crippen molar-refractivity contribution in [1.82, 2.24) is 15.3 Å². The van der Waals surface area contributed by atoms with Gasteiger partial charge in [-0.1, -0.05) is 18.2 Å². The Morgan fingerprint density at radius 3 is 2.68 bits per heavy atom. The highest BCUT2D eigenvalue weighted by Crippen LogP contribution is 2.07. The zero-order chi connectivity index (χ0) is 13.5. The number of nitrogens with one attached hydrogen (secondary N) is 1. The van der Waals surface area contributed by atoms with Crippen LogP contribution in [0.2, 0.25) is 0 Å². The number of rotatable bonds is 5. The number of nitrogens with two attached hydrogens (primary N) is 1. The molecular weight excluding hydrogens is 244 g/mol. The second-order valence-corrected chi connectivity index (χ2v) is 3.74. The standard InChI is InChI=1S/C13H14N4O2/c14-12-9-16-11(8-17-12)13(18)15-6-7-19-10-4-2-1-3-5-10/h1-5,8-9H,6-7H2,(H2,14,17)(H,15,18). The molecule has 1 amide bonds. The molecule has 0 spiro atoms. The Kier molecular flexibility index (Phi) is 4.28. The summed E-state index contributed by atoms with van der Waals surface area (Å²) in [6, 6.07) is 9.39. The third-order valence-corrected chi connectivity index (χ3v) is 2.30. The quantitative estimate of drug-likeness (QED) is 0.776. The molecule has 6 heteroatoms. The number of anilines is 1. The van der Waals surface area contributed by atoms with Crippen LogP contribution in [0.4, 0.5) is 5.82 Å². The van der Waals surface area contributed by atoms with E-state index < -0.39 is 0 Å². The molecule has 3 N–H and O–H groups in total. The summed E-state index contributed by atoms with van der Waals surface area (Å²) in [7, 11) is 0. The van der Waals surface area contributed by atoms with E-state index in [0.717, 1.165) is 5.75 Å². The molecule has 0 unspecified atom stereocenters. The molecule has 0 aliphatic rings. The lowest BCUT2D eigenvalue weighted by molar-refractivity contribution is 0.0941. The zero-order valence-electron chi connectivity index (χ0n) is 10.2. The lowest BCUT2D eigenvalue weighted by Gasteiger charge is -2.07. The third-order valence-electron chi connectivity index (χ3n) is 2.30. The summed E-state index contributed by atoms with van der Waals surface area (Å²) in [6.45, 7) is 0.776. The molecule has 98 valence electrons. The molecule has 1 heterocycles. The molecule has 0 saturated carbocycles. The largest absolute Gasteiger partial charge is 0.492 e. The van der Waals surface area contributed by atoms with Gasteiger partial charge in [-0.3, -0.25) is 4.79 Å². The van der Waals surface area contributed by atoms with Crippen molar-refractivity contribution >= 4 is 11.7 Å². The van der Waals surface area contributed by atoms with Crippen molar-refractivity contribution in [3.8, 4) is 5.75 Å². The molecule has 0 aliphatic carbocycles. The Bertz CT molecular complexity index is 528. The van der Waals surface area contributed by atoms with E-state index in [1.165, 1.54) is 12.4 Å². The number of aromatic nitrogens is 2. The van der Waals surface area contributed by atoms with Gasteiger partial charge in [0.15, 0.2) is 0 Å². The van der Waals surface area contributed by atoms with Gasteiger partial charge in [0.25, 0.3) is 5.91 Å². The number of nitrogens with zero attached hydrogens (tertiary/aromatic N) is 2. The van der Waals surface area contributed by atoms with Crippen molar-refractivity contribution < 1.29 is 9.53 Å². The van der Waals surface area contributed by atoms with Crippen molar-refractivity contribution in [2.45, 2.75) is 0 Å². The average molecular weight is 258 g/mol. The molecule has 1 aromatic heterocycles. The van der Waals surface area contributed by atoms with Crippen LogP contribution in [-0.2, 0) is 0 Å². The van der Waals surface area contributed by atoms with Gasteiger partial charge >= 0.3 is 0 Å². The van der Waals surface area contributed by atoms with E-state index in [0.29, 0.717) is 13.2 Å². The normalized spacial score (nSPS) is 9.89. The van der Waals surface area contributed by atoms with Gasteiger partial charge < -0.3 is 15.8 Å². The van der Waals surface area contributed by atoms with Gasteiger partial charge in [-0.25, -0.2) is 9.97 Å². The number of benzene rings is 1. The summed E-state index contributed by atoms with van der Waals surface area (Å²) >= 11 is 0. The minimum absolute atomic E-state index is 0.230. The molecule has 0 atom stereocenters. The Labute approximate surface area is 110 Å². The van der Waals surface area contributed by atoms with Gasteiger partial charge in [-0.15, -0.1) is 0 Å². The van der Waals surface area contributed by atoms with Gasteiger partial charge in [0.2, 0.25) is 0 Å². The van der Waals surface area contributed by atoms with Crippen LogP contribution in [0, 0.1) is 0 Å². The van der Waals surface area contributed by atoms with E-state index in [2.05, 4.69) is 15.3 Å². The zero-order valence-corrected chi connectivity index (χ0v) is 10.2. The van der Waals surface area contributed by atoms with Gasteiger partial charge in [0.1, 0.15) is 23.9 Å². The summed E-state index contributed by atoms with van der Waals surface area (Å²) in [5, 5.41) is 2.68. The second kappa shape index (κ2) is 6.34. The maximum Gasteiger partial charge on any atom is 0.271 e. The Morgan fingerprint density at radius 1 is 1.21 bits per heavy atom. The number of amides is 1. The number of hydrogen-bond donors (Lipinski definition) is 2. The molecular formula is C13H14N4O2. The number of carbonyl (C=O) groups is 1. The van der Waals surface area contributed by atoms with Crippen LogP contribution in [0.15, 0.2) is 42.7 Å². The molecule has 1 aromatic carbocycles. The van der Waals surface area contributed by atoms with Crippen molar-refractivity contribution in [2.75, 3.05) is 18.9 Å². The fourth-order valence-corrected chi connectivity index (χ4v) is 1.40. The van der Waals surface area contributed by atoms with Crippen molar-refractivity contribution in [3.05, 3.63) is 48.4 Å². The predicted molar refractivity (Wildman–Crippen MR) is 70.7 cm³/mol. The highest BCUT2D eigenvalue weighted by atomic mass is 16.5. The molecule has 0 fully saturated rings. The first kappa shape index (κ1) is 12.8. The fraction of sp³-hybridized carbons (Fsp3) is 0.154. The van der Waals surface area contributed by atoms with Gasteiger partial charge in [-0.2, -0.15) is 0 Å². The number of hydrogen-bond acceptors (Lipinski definition) is 5. The second-order valence-electron chi connectivity index (χ2n) is 3.74. The maximum atomic E-state index is 11.7. The highest BCUT2D eigenvalue weighted by molar-refractivity contribution is 5.91. The summed E-state index contributed by atoms with van der Waals surface area (Å²) < 4.78 is 5.44. The number of ether oxygens (including phenoxy) is 1. The summed E-state index contributed by atoms with van der Waals surface area (Å²) in [5.74, 6) is 0.747. The first-order valence-corrected chi connectivity index (χ1v) is 5.79. The Morgan fingerprint density at radius 2 is 2.00 bits per heavy atom. The lowest BCUT2D eigenvalue weighted by atomic mass is 10.3. The molecule has 2 aromatic rings. The fourth-order valence-electron chi connectivity index (χ4n) is 1.40. The number of carbonyl (C=O) groups excluding carboxylic acids is 1. The van der Waals surface area contributed by atoms with Crippen molar-refractivity contribution in [3.63, 3.8) is 0 Å². The number of para-hydroxylation sites is 1. The average Bonchev–Trinajstić information content (AvgIpc) is 2.45. The molecule has 0 aliphatic heterocycles. The summed E-state index contributed by atoms with van der Waals surface area (Å²) in [5.41, 5.74) is 5.62. The third kappa shape index (κ3) is 3.95. The molecule has 19 heavy (non-hydrogen) atoms. The molecule has 0 saturated heterocycles. The first-order chi connectivity index (χ1) is 9.25. The summed E-state index contributed by atoms with van der Waals surface area (Å²) in [6.07, 6.45) is 2.68. The van der Waals surface area contributed by atoms with Gasteiger partial charge in [0, 0.05) is 0 Å². The minimum Gasteiger partial charge on any atom is -0.492 e. The van der Waals surface area contributed by atoms with Crippen molar-refractivity contribution in [2.24, 2.45) is 0 Å². The summed E-state index contributed by atoms with van der Waals surface area (Å²) in [4.78, 5) is 19.3. The molecule has 2 rings (SSSR count). The van der Waals surface area contributed by atoms with Crippen LogP contribution >= 0.6 is 0 Å². The van der Waals surface area contributed by atoms with Crippen LogP contribution in [-0.4, -0.2) is 29.0 Å². The Balaban J connectivity index is 1.74. The van der Waals surface area contributed by atoms with Crippen LogP contribution in [0.5, 0.6) is 5.75 Å². The van der Waals surface area contributed by atoms with Gasteiger partial charge in [0.05, 0.1) is 18.9 Å². The van der Waals surface area contributed by atoms with Crippen LogP contribution < -0.4 is 15.8 Å². The lowest BCUT2D eigenvalue weighted by Crippen LogP contribution is -2.28. The predicted octanol–water partition coefficient (Wildman–Crippen LogP) is 0.868. The van der Waals surface area contributed by atoms with E-state index in [-0.39, 0.29) is 17.4 Å². The van der Waals surface area contributed by atoms with E-state index in [1.807, 2.05) is 30.3 Å². The van der Waals surface area contributed by atoms with Crippen molar-refractivity contribution in [1.29, 1.82) is 0 Å². The molecule has 0 bridgehead atoms. The van der Waals surface area contributed by atoms with Crippen LogP contribution in [0.25, 0.3) is 0 Å². The molecule has 6 nitrogen and oxygen atoms in total. The Hall–Kier alpha value is -2.63. The molecule has 0 radical (unpaired) electrons. The smallest absolute Gasteiger partial charge is 0.271 e. The van der Waals surface area contributed by atoms with E-state index in [9.17, 15) is 4.79 Å². The van der Waals surface area contributed by atoms with Crippen LogP contribution in [0.3, 0.4) is 0 Å². The van der Waals surface area contributed by atoms with Crippen LogP contribution in [0.1, 0.15) is 10.5 Å².